The van der Waals surface area contributed by atoms with Crippen LogP contribution in [0.25, 0.3) is 0 Å². The van der Waals surface area contributed by atoms with Crippen LogP contribution in [-0.2, 0) is 24.7 Å². The highest BCUT2D eigenvalue weighted by Gasteiger charge is 2.47. The molecule has 2 aliphatic rings. The molecule has 0 radical (unpaired) electrons. The number of carbonyl (C=O) groups is 1. The normalized spacial score (nSPS) is 23.6. The number of nitrogens with zero attached hydrogens (tertiary/aromatic N) is 1. The Morgan fingerprint density at radius 1 is 0.935 bits per heavy atom. The van der Waals surface area contributed by atoms with Crippen molar-refractivity contribution in [1.29, 1.82) is 0 Å². The third-order valence-electron chi connectivity index (χ3n) is 6.01. The number of fused-ring (bicyclic) bond motifs is 2. The molecule has 7 nitrogen and oxygen atoms in total. The van der Waals surface area contributed by atoms with Gasteiger partial charge in [-0.3, -0.25) is 4.79 Å². The van der Waals surface area contributed by atoms with Gasteiger partial charge in [-0.25, -0.2) is 25.9 Å². The molecular formula is C21H23FN2O5S2. The van der Waals surface area contributed by atoms with E-state index in [4.69, 9.17) is 0 Å². The molecule has 2 unspecified atom stereocenters. The lowest BCUT2D eigenvalue weighted by Crippen LogP contribution is -2.52. The Labute approximate surface area is 181 Å². The molecule has 2 aromatic carbocycles. The van der Waals surface area contributed by atoms with Crippen LogP contribution in [0.2, 0.25) is 0 Å². The number of piperidine rings is 1. The van der Waals surface area contributed by atoms with Gasteiger partial charge < -0.3 is 4.90 Å². The molecule has 0 spiro atoms. The Morgan fingerprint density at radius 2 is 1.55 bits per heavy atom. The first-order chi connectivity index (χ1) is 14.7. The Kier molecular flexibility index (Phi) is 5.89. The molecular weight excluding hydrogens is 443 g/mol. The van der Waals surface area contributed by atoms with Crippen molar-refractivity contribution < 1.29 is 26.0 Å². The lowest BCUT2D eigenvalue weighted by Gasteiger charge is -2.38. The van der Waals surface area contributed by atoms with Crippen LogP contribution in [0.3, 0.4) is 0 Å². The number of rotatable bonds is 6. The van der Waals surface area contributed by atoms with E-state index in [-0.39, 0.29) is 21.9 Å². The second-order valence-corrected chi connectivity index (χ2v) is 11.9. The minimum Gasteiger partial charge on any atom is -0.336 e. The van der Waals surface area contributed by atoms with Gasteiger partial charge in [-0.15, -0.1) is 0 Å². The van der Waals surface area contributed by atoms with E-state index in [0.29, 0.717) is 25.7 Å². The molecule has 2 fully saturated rings. The zero-order valence-corrected chi connectivity index (χ0v) is 18.3. The summed E-state index contributed by atoms with van der Waals surface area (Å²) in [5, 5.41) is -0.569. The van der Waals surface area contributed by atoms with Crippen LogP contribution in [0, 0.1) is 5.82 Å². The van der Waals surface area contributed by atoms with Crippen molar-refractivity contribution >= 4 is 25.8 Å². The minimum absolute atomic E-state index is 0.242. The molecule has 0 saturated carbocycles. The maximum Gasteiger partial charge on any atom is 0.241 e. The summed E-state index contributed by atoms with van der Waals surface area (Å²) >= 11 is 0. The van der Waals surface area contributed by atoms with Gasteiger partial charge in [0, 0.05) is 12.1 Å². The third-order valence-corrected chi connectivity index (χ3v) is 9.60. The SMILES string of the molecule is O=C(CNS(=O)(=O)c1cccc(F)c1)N1C2CCC1CC(S(=O)(=O)c1ccccc1)C2. The first-order valence-corrected chi connectivity index (χ1v) is 13.1. The highest BCUT2D eigenvalue weighted by molar-refractivity contribution is 7.92. The molecule has 2 bridgehead atoms. The Balaban J connectivity index is 1.43. The van der Waals surface area contributed by atoms with Crippen LogP contribution in [0.15, 0.2) is 64.4 Å². The smallest absolute Gasteiger partial charge is 0.241 e. The average Bonchev–Trinajstić information content (AvgIpc) is 3.01. The van der Waals surface area contributed by atoms with Crippen molar-refractivity contribution in [3.8, 4) is 0 Å². The molecule has 2 atom stereocenters. The van der Waals surface area contributed by atoms with Crippen molar-refractivity contribution in [3.05, 3.63) is 60.4 Å². The average molecular weight is 467 g/mol. The van der Waals surface area contributed by atoms with E-state index in [1.165, 1.54) is 12.1 Å². The summed E-state index contributed by atoms with van der Waals surface area (Å²) in [4.78, 5) is 14.5. The Hall–Kier alpha value is -2.30. The summed E-state index contributed by atoms with van der Waals surface area (Å²) in [5.41, 5.74) is 0. The van der Waals surface area contributed by atoms with E-state index in [0.717, 1.165) is 12.1 Å². The zero-order valence-electron chi connectivity index (χ0n) is 16.6. The summed E-state index contributed by atoms with van der Waals surface area (Å²) in [7, 11) is -7.53. The van der Waals surface area contributed by atoms with Crippen LogP contribution in [0.5, 0.6) is 0 Å². The van der Waals surface area contributed by atoms with E-state index in [1.54, 1.807) is 35.2 Å². The third kappa shape index (κ3) is 4.37. The molecule has 2 saturated heterocycles. The summed E-state index contributed by atoms with van der Waals surface area (Å²) in [6.07, 6.45) is 2.04. The van der Waals surface area contributed by atoms with Crippen molar-refractivity contribution in [2.75, 3.05) is 6.54 Å². The minimum atomic E-state index is -4.03. The fourth-order valence-electron chi connectivity index (χ4n) is 4.56. The van der Waals surface area contributed by atoms with Gasteiger partial charge in [-0.1, -0.05) is 24.3 Å². The lowest BCUT2D eigenvalue weighted by molar-refractivity contribution is -0.134. The van der Waals surface area contributed by atoms with E-state index < -0.39 is 43.4 Å². The number of halogens is 1. The predicted octanol–water partition coefficient (Wildman–Crippen LogP) is 2.10. The van der Waals surface area contributed by atoms with Gasteiger partial charge in [0.05, 0.1) is 21.6 Å². The maximum absolute atomic E-state index is 13.3. The van der Waals surface area contributed by atoms with E-state index in [1.807, 2.05) is 0 Å². The molecule has 2 heterocycles. The number of carbonyl (C=O) groups excluding carboxylic acids is 1. The molecule has 2 aliphatic heterocycles. The predicted molar refractivity (Wildman–Crippen MR) is 112 cm³/mol. The van der Waals surface area contributed by atoms with Gasteiger partial charge in [-0.2, -0.15) is 0 Å². The van der Waals surface area contributed by atoms with Crippen LogP contribution < -0.4 is 4.72 Å². The summed E-state index contributed by atoms with van der Waals surface area (Å²) in [6.45, 7) is -0.456. The van der Waals surface area contributed by atoms with Gasteiger partial charge in [0.25, 0.3) is 0 Å². The lowest BCUT2D eigenvalue weighted by atomic mass is 10.0. The topological polar surface area (TPSA) is 101 Å². The van der Waals surface area contributed by atoms with Crippen molar-refractivity contribution in [2.45, 2.75) is 52.8 Å². The molecule has 0 aliphatic carbocycles. The highest BCUT2D eigenvalue weighted by Crippen LogP contribution is 2.39. The van der Waals surface area contributed by atoms with E-state index >= 15 is 0 Å². The monoisotopic (exact) mass is 466 g/mol. The summed E-state index contributed by atoms with van der Waals surface area (Å²) in [6, 6.07) is 12.4. The Morgan fingerprint density at radius 3 is 2.16 bits per heavy atom. The molecule has 4 rings (SSSR count). The molecule has 1 amide bonds. The first kappa shape index (κ1) is 21.9. The van der Waals surface area contributed by atoms with Gasteiger partial charge in [0.2, 0.25) is 15.9 Å². The molecule has 0 aromatic heterocycles. The second-order valence-electron chi connectivity index (χ2n) is 7.92. The standard InChI is InChI=1S/C21H23FN2O5S2/c22-15-5-4-8-19(11-15)31(28,29)23-14-21(25)24-16-9-10-17(24)13-20(12-16)30(26,27)18-6-2-1-3-7-18/h1-8,11,16-17,20,23H,9-10,12-14H2. The Bertz CT molecular complexity index is 1170. The van der Waals surface area contributed by atoms with E-state index in [9.17, 15) is 26.0 Å². The maximum atomic E-state index is 13.3. The molecule has 2 aromatic rings. The van der Waals surface area contributed by atoms with Gasteiger partial charge >= 0.3 is 0 Å². The number of nitrogens with one attached hydrogen (secondary N) is 1. The quantitative estimate of drug-likeness (QED) is 0.703. The largest absolute Gasteiger partial charge is 0.336 e. The summed E-state index contributed by atoms with van der Waals surface area (Å²) in [5.74, 6) is -1.09. The number of sulfonamides is 1. The number of benzene rings is 2. The van der Waals surface area contributed by atoms with Crippen LogP contribution >= 0.6 is 0 Å². The van der Waals surface area contributed by atoms with Gasteiger partial charge in [0.1, 0.15) is 5.82 Å². The van der Waals surface area contributed by atoms with Crippen LogP contribution in [0.1, 0.15) is 25.7 Å². The number of sulfone groups is 1. The fourth-order valence-corrected chi connectivity index (χ4v) is 7.43. The fraction of sp³-hybridized carbons (Fsp3) is 0.381. The van der Waals surface area contributed by atoms with Crippen molar-refractivity contribution in [1.82, 2.24) is 9.62 Å². The number of hydrogen-bond donors (Lipinski definition) is 1. The van der Waals surface area contributed by atoms with Gasteiger partial charge in [0.15, 0.2) is 9.84 Å². The van der Waals surface area contributed by atoms with Crippen LogP contribution in [-0.4, -0.2) is 51.5 Å². The molecule has 10 heteroatoms. The number of amides is 1. The van der Waals surface area contributed by atoms with Crippen molar-refractivity contribution in [2.24, 2.45) is 0 Å². The molecule has 1 N–H and O–H groups in total. The first-order valence-electron chi connectivity index (χ1n) is 10.0. The van der Waals surface area contributed by atoms with Crippen LogP contribution in [0.4, 0.5) is 4.39 Å². The molecule has 166 valence electrons. The van der Waals surface area contributed by atoms with E-state index in [2.05, 4.69) is 4.72 Å². The van der Waals surface area contributed by atoms with Crippen molar-refractivity contribution in [3.63, 3.8) is 0 Å². The molecule has 31 heavy (non-hydrogen) atoms. The second kappa shape index (κ2) is 8.33. The summed E-state index contributed by atoms with van der Waals surface area (Å²) < 4.78 is 66.3. The zero-order chi connectivity index (χ0) is 22.2. The number of hydrogen-bond acceptors (Lipinski definition) is 5. The highest BCUT2D eigenvalue weighted by atomic mass is 32.2. The van der Waals surface area contributed by atoms with Gasteiger partial charge in [-0.05, 0) is 56.0 Å².